The standard InChI is InChI=1S/C7H16N2OS/c1-6(2)4-7(3,10)9-5(11)8-6/h5,8-11H,4H2,1-3H3/t5-,7-/m1/s1. The van der Waals surface area contributed by atoms with Crippen LogP contribution in [-0.2, 0) is 0 Å². The molecule has 0 radical (unpaired) electrons. The Labute approximate surface area is 73.0 Å². The van der Waals surface area contributed by atoms with Crippen LogP contribution in [0.1, 0.15) is 27.2 Å². The summed E-state index contributed by atoms with van der Waals surface area (Å²) in [6, 6.07) is 0. The van der Waals surface area contributed by atoms with Crippen molar-refractivity contribution >= 4 is 12.6 Å². The molecule has 3 nitrogen and oxygen atoms in total. The quantitative estimate of drug-likeness (QED) is 0.401. The van der Waals surface area contributed by atoms with E-state index >= 15 is 0 Å². The number of aliphatic hydroxyl groups is 1. The van der Waals surface area contributed by atoms with E-state index in [1.807, 2.05) is 13.8 Å². The number of nitrogens with one attached hydrogen (secondary N) is 2. The zero-order chi connectivity index (χ0) is 8.70. The maximum Gasteiger partial charge on any atom is 0.116 e. The van der Waals surface area contributed by atoms with Gasteiger partial charge >= 0.3 is 0 Å². The Kier molecular flexibility index (Phi) is 2.22. The maximum atomic E-state index is 9.68. The zero-order valence-electron chi connectivity index (χ0n) is 7.18. The summed E-state index contributed by atoms with van der Waals surface area (Å²) in [5.74, 6) is 0. The van der Waals surface area contributed by atoms with Gasteiger partial charge < -0.3 is 5.11 Å². The largest absolute Gasteiger partial charge is 0.376 e. The summed E-state index contributed by atoms with van der Waals surface area (Å²) in [5, 5.41) is 15.8. The van der Waals surface area contributed by atoms with Crippen LogP contribution in [0.5, 0.6) is 0 Å². The van der Waals surface area contributed by atoms with Gasteiger partial charge in [0, 0.05) is 12.0 Å². The Morgan fingerprint density at radius 1 is 1.36 bits per heavy atom. The van der Waals surface area contributed by atoms with E-state index in [9.17, 15) is 5.11 Å². The van der Waals surface area contributed by atoms with Crippen molar-refractivity contribution < 1.29 is 5.11 Å². The summed E-state index contributed by atoms with van der Waals surface area (Å²) in [5.41, 5.74) is -0.990. The topological polar surface area (TPSA) is 44.3 Å². The van der Waals surface area contributed by atoms with Crippen molar-refractivity contribution in [3.63, 3.8) is 0 Å². The number of hydrogen-bond acceptors (Lipinski definition) is 4. The number of rotatable bonds is 0. The van der Waals surface area contributed by atoms with Crippen LogP contribution in [0.15, 0.2) is 0 Å². The normalized spacial score (nSPS) is 43.9. The summed E-state index contributed by atoms with van der Waals surface area (Å²) in [4.78, 5) is 0. The second-order valence-corrected chi connectivity index (χ2v) is 4.54. The molecule has 1 aliphatic rings. The van der Waals surface area contributed by atoms with E-state index in [4.69, 9.17) is 0 Å². The molecule has 0 saturated carbocycles. The predicted molar refractivity (Wildman–Crippen MR) is 48.4 cm³/mol. The second-order valence-electron chi connectivity index (χ2n) is 4.03. The van der Waals surface area contributed by atoms with Gasteiger partial charge in [-0.3, -0.25) is 10.6 Å². The van der Waals surface area contributed by atoms with Crippen molar-refractivity contribution in [2.45, 2.75) is 44.0 Å². The molecular weight excluding hydrogens is 160 g/mol. The van der Waals surface area contributed by atoms with Gasteiger partial charge in [-0.05, 0) is 20.8 Å². The highest BCUT2D eigenvalue weighted by atomic mass is 32.1. The molecule has 0 amide bonds. The molecule has 1 fully saturated rings. The van der Waals surface area contributed by atoms with E-state index in [0.717, 1.165) is 0 Å². The molecule has 2 atom stereocenters. The molecule has 1 saturated heterocycles. The average molecular weight is 176 g/mol. The van der Waals surface area contributed by atoms with Crippen LogP contribution in [0, 0.1) is 0 Å². The van der Waals surface area contributed by atoms with Gasteiger partial charge in [-0.15, -0.1) is 12.6 Å². The Hall–Kier alpha value is 0.230. The molecule has 66 valence electrons. The third-order valence-electron chi connectivity index (χ3n) is 1.76. The van der Waals surface area contributed by atoms with Gasteiger partial charge in [0.1, 0.15) is 11.2 Å². The minimum atomic E-state index is -0.804. The SMILES string of the molecule is CC1(C)C[C@@](C)(O)N[C@H](S)N1. The van der Waals surface area contributed by atoms with E-state index in [1.54, 1.807) is 6.92 Å². The van der Waals surface area contributed by atoms with Gasteiger partial charge in [-0.1, -0.05) is 0 Å². The molecule has 1 aliphatic heterocycles. The first-order chi connectivity index (χ1) is 4.81. The predicted octanol–water partition coefficient (Wildman–Crippen LogP) is 0.270. The van der Waals surface area contributed by atoms with Gasteiger partial charge in [0.15, 0.2) is 0 Å². The lowest BCUT2D eigenvalue weighted by Crippen LogP contribution is -2.65. The van der Waals surface area contributed by atoms with Gasteiger partial charge in [0.05, 0.1) is 0 Å². The summed E-state index contributed by atoms with van der Waals surface area (Å²) < 4.78 is 0. The lowest BCUT2D eigenvalue weighted by atomic mass is 9.92. The van der Waals surface area contributed by atoms with Gasteiger partial charge in [0.25, 0.3) is 0 Å². The third kappa shape index (κ3) is 2.63. The van der Waals surface area contributed by atoms with Crippen molar-refractivity contribution in [3.8, 4) is 0 Å². The Bertz CT molecular complexity index is 143. The summed E-state index contributed by atoms with van der Waals surface area (Å²) in [6.45, 7) is 5.86. The van der Waals surface area contributed by atoms with Crippen LogP contribution in [0.2, 0.25) is 0 Å². The Morgan fingerprint density at radius 3 is 2.27 bits per heavy atom. The van der Waals surface area contributed by atoms with Crippen LogP contribution >= 0.6 is 12.6 Å². The van der Waals surface area contributed by atoms with Crippen molar-refractivity contribution in [3.05, 3.63) is 0 Å². The molecule has 11 heavy (non-hydrogen) atoms. The maximum absolute atomic E-state index is 9.68. The molecular formula is C7H16N2OS. The minimum Gasteiger partial charge on any atom is -0.376 e. The highest BCUT2D eigenvalue weighted by Gasteiger charge is 2.37. The van der Waals surface area contributed by atoms with Crippen molar-refractivity contribution in [2.75, 3.05) is 0 Å². The van der Waals surface area contributed by atoms with Gasteiger partial charge in [0.2, 0.25) is 0 Å². The molecule has 3 N–H and O–H groups in total. The van der Waals surface area contributed by atoms with E-state index in [0.29, 0.717) is 6.42 Å². The van der Waals surface area contributed by atoms with Crippen LogP contribution < -0.4 is 10.6 Å². The lowest BCUT2D eigenvalue weighted by molar-refractivity contribution is -0.0377. The second kappa shape index (κ2) is 2.62. The van der Waals surface area contributed by atoms with Gasteiger partial charge in [-0.25, -0.2) is 0 Å². The molecule has 4 heteroatoms. The van der Waals surface area contributed by atoms with Crippen molar-refractivity contribution in [2.24, 2.45) is 0 Å². The first kappa shape index (κ1) is 9.32. The van der Waals surface area contributed by atoms with E-state index in [1.165, 1.54) is 0 Å². The zero-order valence-corrected chi connectivity index (χ0v) is 8.07. The van der Waals surface area contributed by atoms with E-state index in [2.05, 4.69) is 23.3 Å². The van der Waals surface area contributed by atoms with E-state index in [-0.39, 0.29) is 11.0 Å². The number of thiol groups is 1. The van der Waals surface area contributed by atoms with Crippen LogP contribution in [0.25, 0.3) is 0 Å². The summed E-state index contributed by atoms with van der Waals surface area (Å²) in [6.07, 6.45) is 0.678. The van der Waals surface area contributed by atoms with Crippen molar-refractivity contribution in [1.82, 2.24) is 10.6 Å². The fraction of sp³-hybridized carbons (Fsp3) is 1.00. The minimum absolute atomic E-state index is 0.0544. The highest BCUT2D eigenvalue weighted by molar-refractivity contribution is 7.80. The Morgan fingerprint density at radius 2 is 1.91 bits per heavy atom. The Balaban J connectivity index is 2.66. The van der Waals surface area contributed by atoms with Crippen LogP contribution in [0.4, 0.5) is 0 Å². The van der Waals surface area contributed by atoms with Crippen LogP contribution in [0.3, 0.4) is 0 Å². The fourth-order valence-electron chi connectivity index (χ4n) is 1.66. The first-order valence-corrected chi connectivity index (χ1v) is 4.28. The fourth-order valence-corrected chi connectivity index (χ4v) is 2.29. The lowest BCUT2D eigenvalue weighted by Gasteiger charge is -2.44. The monoisotopic (exact) mass is 176 g/mol. The highest BCUT2D eigenvalue weighted by Crippen LogP contribution is 2.23. The molecule has 0 aromatic carbocycles. The molecule has 1 heterocycles. The molecule has 0 aliphatic carbocycles. The molecule has 0 bridgehead atoms. The number of hydrogen-bond donors (Lipinski definition) is 4. The third-order valence-corrected chi connectivity index (χ3v) is 2.02. The van der Waals surface area contributed by atoms with Crippen molar-refractivity contribution in [1.29, 1.82) is 0 Å². The molecule has 0 aromatic rings. The molecule has 0 aromatic heterocycles. The summed E-state index contributed by atoms with van der Waals surface area (Å²) in [7, 11) is 0. The average Bonchev–Trinajstić information content (AvgIpc) is 1.49. The first-order valence-electron chi connectivity index (χ1n) is 3.77. The molecule has 0 spiro atoms. The molecule has 1 rings (SSSR count). The molecule has 0 unspecified atom stereocenters. The van der Waals surface area contributed by atoms with Crippen LogP contribution in [-0.4, -0.2) is 21.9 Å². The summed E-state index contributed by atoms with van der Waals surface area (Å²) >= 11 is 4.21. The van der Waals surface area contributed by atoms with E-state index < -0.39 is 5.72 Å². The van der Waals surface area contributed by atoms with Gasteiger partial charge in [-0.2, -0.15) is 0 Å². The smallest absolute Gasteiger partial charge is 0.116 e.